The average Bonchev–Trinajstić information content (AvgIpc) is 2.92. The SMILES string of the molecule is Cc1ncn(CC(=O)N2Cc3cccnc3C2)c(=O)c1C. The summed E-state index contributed by atoms with van der Waals surface area (Å²) in [5, 5.41) is 0. The molecule has 21 heavy (non-hydrogen) atoms. The fraction of sp³-hybridized carbons (Fsp3) is 0.333. The summed E-state index contributed by atoms with van der Waals surface area (Å²) < 4.78 is 1.36. The highest BCUT2D eigenvalue weighted by atomic mass is 16.2. The van der Waals surface area contributed by atoms with Gasteiger partial charge in [-0.15, -0.1) is 0 Å². The molecule has 1 aliphatic rings. The number of carbonyl (C=O) groups excluding carboxylic acids is 1. The second-order valence-corrected chi connectivity index (χ2v) is 5.25. The lowest BCUT2D eigenvalue weighted by Crippen LogP contribution is -2.34. The number of rotatable bonds is 2. The second kappa shape index (κ2) is 5.12. The molecule has 3 heterocycles. The smallest absolute Gasteiger partial charge is 0.256 e. The number of aryl methyl sites for hydroxylation is 1. The summed E-state index contributed by atoms with van der Waals surface area (Å²) in [6.07, 6.45) is 3.16. The third kappa shape index (κ3) is 2.44. The number of hydrogen-bond acceptors (Lipinski definition) is 4. The lowest BCUT2D eigenvalue weighted by atomic mass is 10.2. The van der Waals surface area contributed by atoms with Gasteiger partial charge in [-0.1, -0.05) is 6.07 Å². The van der Waals surface area contributed by atoms with Gasteiger partial charge in [0.25, 0.3) is 5.56 Å². The summed E-state index contributed by atoms with van der Waals surface area (Å²) in [7, 11) is 0. The van der Waals surface area contributed by atoms with E-state index in [0.717, 1.165) is 11.3 Å². The highest BCUT2D eigenvalue weighted by Crippen LogP contribution is 2.20. The molecule has 0 saturated heterocycles. The van der Waals surface area contributed by atoms with E-state index in [-0.39, 0.29) is 18.0 Å². The largest absolute Gasteiger partial charge is 0.331 e. The van der Waals surface area contributed by atoms with Crippen LogP contribution in [-0.4, -0.2) is 25.3 Å². The number of fused-ring (bicyclic) bond motifs is 1. The predicted octanol–water partition coefficient (Wildman–Crippen LogP) is 0.798. The van der Waals surface area contributed by atoms with E-state index in [1.807, 2.05) is 12.1 Å². The van der Waals surface area contributed by atoms with E-state index >= 15 is 0 Å². The normalized spacial score (nSPS) is 13.3. The Kier molecular flexibility index (Phi) is 3.29. The van der Waals surface area contributed by atoms with Crippen molar-refractivity contribution in [2.24, 2.45) is 0 Å². The van der Waals surface area contributed by atoms with Gasteiger partial charge in [-0.2, -0.15) is 0 Å². The van der Waals surface area contributed by atoms with Crippen molar-refractivity contribution in [3.05, 3.63) is 57.5 Å². The summed E-state index contributed by atoms with van der Waals surface area (Å²) >= 11 is 0. The Morgan fingerprint density at radius 1 is 1.29 bits per heavy atom. The van der Waals surface area contributed by atoms with Crippen LogP contribution in [0.2, 0.25) is 0 Å². The van der Waals surface area contributed by atoms with Gasteiger partial charge in [0, 0.05) is 24.0 Å². The topological polar surface area (TPSA) is 68.1 Å². The van der Waals surface area contributed by atoms with E-state index in [4.69, 9.17) is 0 Å². The molecular formula is C15H16N4O2. The van der Waals surface area contributed by atoms with Gasteiger partial charge in [0.1, 0.15) is 6.54 Å². The Morgan fingerprint density at radius 2 is 2.10 bits per heavy atom. The van der Waals surface area contributed by atoms with E-state index < -0.39 is 0 Å². The van der Waals surface area contributed by atoms with Crippen LogP contribution in [0.3, 0.4) is 0 Å². The predicted molar refractivity (Wildman–Crippen MR) is 76.5 cm³/mol. The van der Waals surface area contributed by atoms with E-state index in [2.05, 4.69) is 9.97 Å². The van der Waals surface area contributed by atoms with E-state index in [9.17, 15) is 9.59 Å². The molecule has 0 spiro atoms. The van der Waals surface area contributed by atoms with E-state index in [1.165, 1.54) is 10.9 Å². The first-order chi connectivity index (χ1) is 10.1. The Hall–Kier alpha value is -2.50. The molecule has 0 fully saturated rings. The monoisotopic (exact) mass is 284 g/mol. The molecule has 0 atom stereocenters. The van der Waals surface area contributed by atoms with Gasteiger partial charge < -0.3 is 4.90 Å². The second-order valence-electron chi connectivity index (χ2n) is 5.25. The Morgan fingerprint density at radius 3 is 2.86 bits per heavy atom. The molecule has 0 aromatic carbocycles. The maximum absolute atomic E-state index is 12.3. The number of aromatic nitrogens is 3. The molecule has 6 heteroatoms. The highest BCUT2D eigenvalue weighted by molar-refractivity contribution is 5.76. The van der Waals surface area contributed by atoms with Crippen LogP contribution < -0.4 is 5.56 Å². The van der Waals surface area contributed by atoms with Crippen molar-refractivity contribution >= 4 is 5.91 Å². The van der Waals surface area contributed by atoms with Gasteiger partial charge in [0.05, 0.1) is 18.6 Å². The Labute approximate surface area is 122 Å². The summed E-state index contributed by atoms with van der Waals surface area (Å²) in [6, 6.07) is 3.84. The molecule has 0 bridgehead atoms. The third-order valence-electron chi connectivity index (χ3n) is 3.86. The van der Waals surface area contributed by atoms with Crippen LogP contribution in [0.25, 0.3) is 0 Å². The van der Waals surface area contributed by atoms with Crippen molar-refractivity contribution in [3.63, 3.8) is 0 Å². The fourth-order valence-corrected chi connectivity index (χ4v) is 2.41. The summed E-state index contributed by atoms with van der Waals surface area (Å²) in [4.78, 5) is 34.6. The molecular weight excluding hydrogens is 268 g/mol. The number of nitrogens with zero attached hydrogens (tertiary/aromatic N) is 4. The van der Waals surface area contributed by atoms with Crippen molar-refractivity contribution in [2.75, 3.05) is 0 Å². The zero-order valence-electron chi connectivity index (χ0n) is 12.0. The van der Waals surface area contributed by atoms with Crippen LogP contribution in [0.4, 0.5) is 0 Å². The molecule has 0 unspecified atom stereocenters. The molecule has 1 aliphatic heterocycles. The molecule has 2 aromatic heterocycles. The quantitative estimate of drug-likeness (QED) is 0.818. The van der Waals surface area contributed by atoms with Crippen LogP contribution in [-0.2, 0) is 24.4 Å². The first-order valence-electron chi connectivity index (χ1n) is 6.79. The molecule has 0 N–H and O–H groups in total. The maximum atomic E-state index is 12.3. The molecule has 1 amide bonds. The summed E-state index contributed by atoms with van der Waals surface area (Å²) in [5.74, 6) is -0.0971. The first-order valence-corrected chi connectivity index (χ1v) is 6.79. The lowest BCUT2D eigenvalue weighted by Gasteiger charge is -2.16. The highest BCUT2D eigenvalue weighted by Gasteiger charge is 2.24. The van der Waals surface area contributed by atoms with Gasteiger partial charge in [-0.05, 0) is 25.5 Å². The van der Waals surface area contributed by atoms with Gasteiger partial charge in [0.15, 0.2) is 0 Å². The number of hydrogen-bond donors (Lipinski definition) is 0. The molecule has 6 nitrogen and oxygen atoms in total. The number of carbonyl (C=O) groups is 1. The summed E-state index contributed by atoms with van der Waals surface area (Å²) in [5.41, 5.74) is 3.11. The average molecular weight is 284 g/mol. The first kappa shape index (κ1) is 13.5. The molecule has 3 rings (SSSR count). The minimum Gasteiger partial charge on any atom is -0.331 e. The van der Waals surface area contributed by atoms with Gasteiger partial charge in [0.2, 0.25) is 5.91 Å². The molecule has 108 valence electrons. The van der Waals surface area contributed by atoms with Crippen molar-refractivity contribution in [1.82, 2.24) is 19.4 Å². The summed E-state index contributed by atoms with van der Waals surface area (Å²) in [6.45, 7) is 4.57. The van der Waals surface area contributed by atoms with Crippen LogP contribution >= 0.6 is 0 Å². The molecule has 0 saturated carbocycles. The fourth-order valence-electron chi connectivity index (χ4n) is 2.41. The Balaban J connectivity index is 1.77. The Bertz CT molecular complexity index is 742. The van der Waals surface area contributed by atoms with E-state index in [0.29, 0.717) is 24.3 Å². The minimum absolute atomic E-state index is 0.0148. The zero-order valence-corrected chi connectivity index (χ0v) is 12.0. The van der Waals surface area contributed by atoms with Crippen LogP contribution in [0.15, 0.2) is 29.5 Å². The zero-order chi connectivity index (χ0) is 15.0. The van der Waals surface area contributed by atoms with Crippen molar-refractivity contribution in [1.29, 1.82) is 0 Å². The van der Waals surface area contributed by atoms with Crippen molar-refractivity contribution in [2.45, 2.75) is 33.5 Å². The van der Waals surface area contributed by atoms with Gasteiger partial charge in [-0.25, -0.2) is 4.98 Å². The van der Waals surface area contributed by atoms with Crippen LogP contribution in [0.5, 0.6) is 0 Å². The maximum Gasteiger partial charge on any atom is 0.256 e. The minimum atomic E-state index is -0.161. The van der Waals surface area contributed by atoms with Crippen LogP contribution in [0, 0.1) is 13.8 Å². The third-order valence-corrected chi connectivity index (χ3v) is 3.86. The number of amides is 1. The van der Waals surface area contributed by atoms with Crippen LogP contribution in [0.1, 0.15) is 22.5 Å². The molecule has 0 aliphatic carbocycles. The standard InChI is InChI=1S/C15H16N4O2/c1-10-11(2)17-9-19(15(10)21)8-14(20)18-6-12-4-3-5-16-13(12)7-18/h3-5,9H,6-8H2,1-2H3. The molecule has 0 radical (unpaired) electrons. The van der Waals surface area contributed by atoms with Gasteiger partial charge in [-0.3, -0.25) is 19.1 Å². The van der Waals surface area contributed by atoms with Gasteiger partial charge >= 0.3 is 0 Å². The molecule has 2 aromatic rings. The number of pyridine rings is 1. The van der Waals surface area contributed by atoms with E-state index in [1.54, 1.807) is 24.9 Å². The van der Waals surface area contributed by atoms with Crippen molar-refractivity contribution < 1.29 is 4.79 Å². The lowest BCUT2D eigenvalue weighted by molar-refractivity contribution is -0.132. The van der Waals surface area contributed by atoms with Crippen molar-refractivity contribution in [3.8, 4) is 0 Å².